The fraction of sp³-hybridized carbons (Fsp3) is 0.350. The summed E-state index contributed by atoms with van der Waals surface area (Å²) in [6.45, 7) is 7.40. The number of aliphatic hydroxyl groups is 1. The first kappa shape index (κ1) is 17.9. The Bertz CT molecular complexity index is 777. The number of aldehydes is 1. The van der Waals surface area contributed by atoms with Crippen molar-refractivity contribution < 1.29 is 19.5 Å². The molecule has 4 nitrogen and oxygen atoms in total. The topological polar surface area (TPSA) is 71.4 Å². The van der Waals surface area contributed by atoms with E-state index < -0.39 is 17.5 Å². The lowest BCUT2D eigenvalue weighted by molar-refractivity contribution is -0.115. The number of Topliss-reactive ketones (excluding diaryl/α,β-unsaturated/α-hetero) is 2. The quantitative estimate of drug-likeness (QED) is 0.508. The molecule has 0 unspecified atom stereocenters. The normalized spacial score (nSPS) is 15.2. The van der Waals surface area contributed by atoms with E-state index in [-0.39, 0.29) is 16.9 Å². The Balaban J connectivity index is 2.62. The molecule has 1 aromatic carbocycles. The molecule has 1 atom stereocenters. The van der Waals surface area contributed by atoms with Crippen molar-refractivity contribution in [2.24, 2.45) is 5.92 Å². The molecule has 2 rings (SSSR count). The summed E-state index contributed by atoms with van der Waals surface area (Å²) in [7, 11) is 0. The van der Waals surface area contributed by atoms with Crippen LogP contribution in [0.2, 0.25) is 0 Å². The number of benzene rings is 1. The van der Waals surface area contributed by atoms with Crippen LogP contribution in [-0.4, -0.2) is 23.0 Å². The number of aryl methyl sites for hydroxylation is 1. The van der Waals surface area contributed by atoms with Crippen LogP contribution in [0, 0.1) is 12.8 Å². The van der Waals surface area contributed by atoms with Gasteiger partial charge in [-0.2, -0.15) is 0 Å². The van der Waals surface area contributed by atoms with E-state index >= 15 is 0 Å². The van der Waals surface area contributed by atoms with Gasteiger partial charge in [-0.15, -0.1) is 0 Å². The Morgan fingerprint density at radius 1 is 1.21 bits per heavy atom. The number of ketones is 2. The third-order valence-electron chi connectivity index (χ3n) is 4.34. The van der Waals surface area contributed by atoms with E-state index in [0.29, 0.717) is 18.3 Å². The molecule has 4 heteroatoms. The summed E-state index contributed by atoms with van der Waals surface area (Å²) in [5.41, 5.74) is 3.40. The van der Waals surface area contributed by atoms with Crippen LogP contribution in [0.25, 0.3) is 5.76 Å². The van der Waals surface area contributed by atoms with Crippen LogP contribution in [0.4, 0.5) is 0 Å². The van der Waals surface area contributed by atoms with Crippen LogP contribution in [0.3, 0.4) is 0 Å². The van der Waals surface area contributed by atoms with Crippen molar-refractivity contribution >= 4 is 23.6 Å². The molecule has 0 saturated heterocycles. The Hall–Kier alpha value is -2.49. The van der Waals surface area contributed by atoms with Crippen molar-refractivity contribution in [3.8, 4) is 0 Å². The zero-order valence-corrected chi connectivity index (χ0v) is 14.5. The Kier molecular flexibility index (Phi) is 5.17. The lowest BCUT2D eigenvalue weighted by Gasteiger charge is -2.23. The number of carbonyl (C=O) groups excluding carboxylic acids is 3. The average Bonchev–Trinajstić information content (AvgIpc) is 2.53. The molecule has 24 heavy (non-hydrogen) atoms. The maximum atomic E-state index is 12.6. The zero-order valence-electron chi connectivity index (χ0n) is 14.5. The summed E-state index contributed by atoms with van der Waals surface area (Å²) in [5, 5.41) is 10.5. The molecule has 1 aromatic rings. The maximum absolute atomic E-state index is 12.6. The highest BCUT2D eigenvalue weighted by Crippen LogP contribution is 2.34. The zero-order chi connectivity index (χ0) is 18.0. The van der Waals surface area contributed by atoms with Gasteiger partial charge in [-0.25, -0.2) is 0 Å². The smallest absolute Gasteiger partial charge is 0.234 e. The van der Waals surface area contributed by atoms with E-state index in [2.05, 4.69) is 6.08 Å². The van der Waals surface area contributed by atoms with Gasteiger partial charge in [0.05, 0.1) is 5.57 Å². The van der Waals surface area contributed by atoms with E-state index in [1.165, 1.54) is 12.5 Å². The molecule has 0 heterocycles. The van der Waals surface area contributed by atoms with Gasteiger partial charge in [0, 0.05) is 17.0 Å². The number of rotatable bonds is 5. The van der Waals surface area contributed by atoms with Crippen molar-refractivity contribution in [2.75, 3.05) is 0 Å². The second-order valence-corrected chi connectivity index (χ2v) is 6.45. The van der Waals surface area contributed by atoms with Crippen molar-refractivity contribution in [2.45, 2.75) is 40.5 Å². The minimum atomic E-state index is -0.815. The maximum Gasteiger partial charge on any atom is 0.234 e. The predicted molar refractivity (Wildman–Crippen MR) is 93.0 cm³/mol. The van der Waals surface area contributed by atoms with Crippen molar-refractivity contribution in [3.63, 3.8) is 0 Å². The third kappa shape index (κ3) is 3.09. The van der Waals surface area contributed by atoms with Gasteiger partial charge in [-0.05, 0) is 44.7 Å². The minimum Gasteiger partial charge on any atom is -0.507 e. The van der Waals surface area contributed by atoms with Crippen LogP contribution in [-0.2, 0) is 16.0 Å². The highest BCUT2D eigenvalue weighted by molar-refractivity contribution is 6.52. The molecule has 1 aliphatic rings. The Labute approximate surface area is 141 Å². The molecular weight excluding hydrogens is 304 g/mol. The van der Waals surface area contributed by atoms with Crippen molar-refractivity contribution in [3.05, 3.63) is 51.6 Å². The van der Waals surface area contributed by atoms with Gasteiger partial charge in [0.1, 0.15) is 12.0 Å². The summed E-state index contributed by atoms with van der Waals surface area (Å²) in [6, 6.07) is 3.48. The molecule has 0 aromatic heterocycles. The Morgan fingerprint density at radius 3 is 2.46 bits per heavy atom. The molecule has 126 valence electrons. The molecule has 0 fully saturated rings. The van der Waals surface area contributed by atoms with Gasteiger partial charge in [0.2, 0.25) is 11.6 Å². The van der Waals surface area contributed by atoms with Crippen LogP contribution in [0.15, 0.2) is 29.4 Å². The predicted octanol–water partition coefficient (Wildman–Crippen LogP) is 3.76. The summed E-state index contributed by atoms with van der Waals surface area (Å²) < 4.78 is 0. The summed E-state index contributed by atoms with van der Waals surface area (Å²) in [6.07, 6.45) is 4.00. The van der Waals surface area contributed by atoms with Gasteiger partial charge in [-0.3, -0.25) is 9.59 Å². The van der Waals surface area contributed by atoms with Gasteiger partial charge in [-0.1, -0.05) is 30.7 Å². The Morgan fingerprint density at radius 2 is 1.88 bits per heavy atom. The first-order valence-corrected chi connectivity index (χ1v) is 8.03. The SMILES string of the molecule is CC(C)=CCCc1c(C)ccc2c1C(=O)C(=O)C([C@@H](C)C=O)=C2O. The summed E-state index contributed by atoms with van der Waals surface area (Å²) in [4.78, 5) is 36.1. The first-order chi connectivity index (χ1) is 11.3. The van der Waals surface area contributed by atoms with Gasteiger partial charge in [0.25, 0.3) is 0 Å². The van der Waals surface area contributed by atoms with Crippen molar-refractivity contribution in [1.82, 2.24) is 0 Å². The lowest BCUT2D eigenvalue weighted by atomic mass is 9.79. The molecule has 0 spiro atoms. The highest BCUT2D eigenvalue weighted by Gasteiger charge is 2.37. The summed E-state index contributed by atoms with van der Waals surface area (Å²) in [5.74, 6) is -2.49. The number of hydrogen-bond acceptors (Lipinski definition) is 4. The van der Waals surface area contributed by atoms with E-state index in [1.54, 1.807) is 6.07 Å². The van der Waals surface area contributed by atoms with Crippen LogP contribution in [0.1, 0.15) is 54.2 Å². The second-order valence-electron chi connectivity index (χ2n) is 6.45. The third-order valence-corrected chi connectivity index (χ3v) is 4.34. The lowest BCUT2D eigenvalue weighted by Crippen LogP contribution is -2.29. The molecule has 0 radical (unpaired) electrons. The van der Waals surface area contributed by atoms with E-state index in [4.69, 9.17) is 0 Å². The second kappa shape index (κ2) is 6.95. The monoisotopic (exact) mass is 326 g/mol. The van der Waals surface area contributed by atoms with Crippen molar-refractivity contribution in [1.29, 1.82) is 0 Å². The van der Waals surface area contributed by atoms with Crippen LogP contribution < -0.4 is 0 Å². The number of allylic oxidation sites excluding steroid dienone is 3. The fourth-order valence-corrected chi connectivity index (χ4v) is 3.01. The minimum absolute atomic E-state index is 0.110. The molecule has 0 aliphatic heterocycles. The van der Waals surface area contributed by atoms with E-state index in [0.717, 1.165) is 17.5 Å². The molecule has 1 aliphatic carbocycles. The number of hydrogen-bond donors (Lipinski definition) is 1. The molecule has 1 N–H and O–H groups in total. The molecule has 0 saturated carbocycles. The summed E-state index contributed by atoms with van der Waals surface area (Å²) >= 11 is 0. The number of fused-ring (bicyclic) bond motifs is 1. The van der Waals surface area contributed by atoms with E-state index in [9.17, 15) is 19.5 Å². The number of carbonyl (C=O) groups is 3. The highest BCUT2D eigenvalue weighted by atomic mass is 16.3. The van der Waals surface area contributed by atoms with Gasteiger partial charge in [0.15, 0.2) is 0 Å². The standard InChI is InChI=1S/C20H22O4/c1-11(2)6-5-7-14-12(3)8-9-15-17(14)20(24)19(23)16(18(15)22)13(4)10-21/h6,8-10,13,22H,5,7H2,1-4H3/t13-/m0/s1. The molecule has 0 bridgehead atoms. The van der Waals surface area contributed by atoms with Crippen LogP contribution in [0.5, 0.6) is 0 Å². The van der Waals surface area contributed by atoms with Gasteiger partial charge < -0.3 is 9.90 Å². The number of aliphatic hydroxyl groups excluding tert-OH is 1. The fourth-order valence-electron chi connectivity index (χ4n) is 3.01. The molecular formula is C20H22O4. The van der Waals surface area contributed by atoms with E-state index in [1.807, 2.05) is 26.8 Å². The largest absolute Gasteiger partial charge is 0.507 e. The average molecular weight is 326 g/mol. The molecule has 0 amide bonds. The van der Waals surface area contributed by atoms with Crippen LogP contribution >= 0.6 is 0 Å². The van der Waals surface area contributed by atoms with Gasteiger partial charge >= 0.3 is 0 Å². The first-order valence-electron chi connectivity index (χ1n) is 8.03.